The van der Waals surface area contributed by atoms with Crippen molar-refractivity contribution in [1.29, 1.82) is 0 Å². The molecule has 1 fully saturated rings. The normalized spacial score (nSPS) is 26.4. The SMILES string of the molecule is Cc1ccc(C)c(C2CSCCC(C)N2)c1. The van der Waals surface area contributed by atoms with Crippen LogP contribution in [0.2, 0.25) is 0 Å². The Bertz CT molecular complexity index is 362. The van der Waals surface area contributed by atoms with E-state index in [9.17, 15) is 0 Å². The Balaban J connectivity index is 2.24. The smallest absolute Gasteiger partial charge is 0.0416 e. The van der Waals surface area contributed by atoms with Gasteiger partial charge in [0.2, 0.25) is 0 Å². The molecule has 2 heteroatoms. The van der Waals surface area contributed by atoms with E-state index in [4.69, 9.17) is 0 Å². The van der Waals surface area contributed by atoms with Crippen molar-refractivity contribution in [3.8, 4) is 0 Å². The molecule has 2 unspecified atom stereocenters. The van der Waals surface area contributed by atoms with Crippen LogP contribution in [-0.2, 0) is 0 Å². The van der Waals surface area contributed by atoms with Crippen LogP contribution in [0.1, 0.15) is 36.1 Å². The molecule has 88 valence electrons. The van der Waals surface area contributed by atoms with Gasteiger partial charge in [0.1, 0.15) is 0 Å². The van der Waals surface area contributed by atoms with Gasteiger partial charge in [-0.15, -0.1) is 0 Å². The van der Waals surface area contributed by atoms with Gasteiger partial charge in [0.05, 0.1) is 0 Å². The molecule has 2 rings (SSSR count). The van der Waals surface area contributed by atoms with E-state index < -0.39 is 0 Å². The number of aryl methyl sites for hydroxylation is 2. The summed E-state index contributed by atoms with van der Waals surface area (Å²) in [5, 5.41) is 3.74. The van der Waals surface area contributed by atoms with E-state index in [1.165, 1.54) is 34.6 Å². The van der Waals surface area contributed by atoms with E-state index in [0.717, 1.165) is 0 Å². The van der Waals surface area contributed by atoms with Gasteiger partial charge in [-0.3, -0.25) is 0 Å². The van der Waals surface area contributed by atoms with E-state index in [0.29, 0.717) is 12.1 Å². The summed E-state index contributed by atoms with van der Waals surface area (Å²) >= 11 is 2.07. The molecule has 0 aliphatic carbocycles. The molecule has 0 bridgehead atoms. The van der Waals surface area contributed by atoms with Gasteiger partial charge in [-0.2, -0.15) is 11.8 Å². The summed E-state index contributed by atoms with van der Waals surface area (Å²) in [5.41, 5.74) is 4.27. The molecule has 0 saturated carbocycles. The molecule has 0 spiro atoms. The van der Waals surface area contributed by atoms with Gasteiger partial charge < -0.3 is 5.32 Å². The van der Waals surface area contributed by atoms with Crippen molar-refractivity contribution in [3.63, 3.8) is 0 Å². The zero-order chi connectivity index (χ0) is 11.5. The maximum Gasteiger partial charge on any atom is 0.0416 e. The molecule has 0 aromatic heterocycles. The minimum atomic E-state index is 0.530. The lowest BCUT2D eigenvalue weighted by molar-refractivity contribution is 0.483. The molecule has 1 N–H and O–H groups in total. The number of hydrogen-bond donors (Lipinski definition) is 1. The lowest BCUT2D eigenvalue weighted by Crippen LogP contribution is -2.30. The quantitative estimate of drug-likeness (QED) is 0.800. The second-order valence-electron chi connectivity index (χ2n) is 4.84. The number of nitrogens with one attached hydrogen (secondary N) is 1. The Kier molecular flexibility index (Phi) is 3.93. The predicted molar refractivity (Wildman–Crippen MR) is 73.2 cm³/mol. The van der Waals surface area contributed by atoms with E-state index in [1.54, 1.807) is 0 Å². The first-order chi connectivity index (χ1) is 7.66. The summed E-state index contributed by atoms with van der Waals surface area (Å²) in [6.07, 6.45) is 1.28. The molecular weight excluding hydrogens is 214 g/mol. The second kappa shape index (κ2) is 5.24. The largest absolute Gasteiger partial charge is 0.307 e. The van der Waals surface area contributed by atoms with Gasteiger partial charge in [0.15, 0.2) is 0 Å². The Labute approximate surface area is 103 Å². The highest BCUT2D eigenvalue weighted by atomic mass is 32.2. The highest BCUT2D eigenvalue weighted by Crippen LogP contribution is 2.26. The number of hydrogen-bond acceptors (Lipinski definition) is 2. The van der Waals surface area contributed by atoms with Crippen LogP contribution >= 0.6 is 11.8 Å². The van der Waals surface area contributed by atoms with Crippen LogP contribution in [0, 0.1) is 13.8 Å². The third-order valence-corrected chi connectivity index (χ3v) is 4.37. The summed E-state index contributed by atoms with van der Waals surface area (Å²) < 4.78 is 0. The fraction of sp³-hybridized carbons (Fsp3) is 0.571. The van der Waals surface area contributed by atoms with Crippen LogP contribution in [0.3, 0.4) is 0 Å². The first-order valence-corrected chi connectivity index (χ1v) is 7.23. The van der Waals surface area contributed by atoms with Gasteiger partial charge in [0, 0.05) is 17.8 Å². The molecule has 1 heterocycles. The van der Waals surface area contributed by atoms with E-state index in [2.05, 4.69) is 56.0 Å². The van der Waals surface area contributed by atoms with Crippen LogP contribution in [0.15, 0.2) is 18.2 Å². The minimum absolute atomic E-state index is 0.530. The maximum absolute atomic E-state index is 3.74. The maximum atomic E-state index is 3.74. The molecule has 16 heavy (non-hydrogen) atoms. The molecular formula is C14H21NS. The lowest BCUT2D eigenvalue weighted by Gasteiger charge is -2.22. The summed E-state index contributed by atoms with van der Waals surface area (Å²) in [7, 11) is 0. The predicted octanol–water partition coefficient (Wildman–Crippen LogP) is 3.46. The van der Waals surface area contributed by atoms with Crippen molar-refractivity contribution in [3.05, 3.63) is 34.9 Å². The van der Waals surface area contributed by atoms with Crippen molar-refractivity contribution in [2.45, 2.75) is 39.3 Å². The van der Waals surface area contributed by atoms with Crippen LogP contribution in [0.5, 0.6) is 0 Å². The zero-order valence-corrected chi connectivity index (χ0v) is 11.2. The third kappa shape index (κ3) is 2.80. The number of rotatable bonds is 1. The molecule has 1 aromatic rings. The van der Waals surface area contributed by atoms with Gasteiger partial charge >= 0.3 is 0 Å². The Morgan fingerprint density at radius 1 is 1.31 bits per heavy atom. The first-order valence-electron chi connectivity index (χ1n) is 6.08. The summed E-state index contributed by atoms with van der Waals surface area (Å²) in [4.78, 5) is 0. The van der Waals surface area contributed by atoms with Crippen molar-refractivity contribution in [2.75, 3.05) is 11.5 Å². The fourth-order valence-corrected chi connectivity index (χ4v) is 3.45. The standard InChI is InChI=1S/C14H21NS/c1-10-4-5-11(2)13(8-10)14-9-16-7-6-12(3)15-14/h4-5,8,12,14-15H,6-7,9H2,1-3H3. The molecule has 1 aliphatic heterocycles. The lowest BCUT2D eigenvalue weighted by atomic mass is 9.99. The van der Waals surface area contributed by atoms with Crippen LogP contribution in [0.4, 0.5) is 0 Å². The molecule has 0 amide bonds. The molecule has 0 radical (unpaired) electrons. The highest BCUT2D eigenvalue weighted by molar-refractivity contribution is 7.99. The Hall–Kier alpha value is -0.470. The van der Waals surface area contributed by atoms with Crippen molar-refractivity contribution < 1.29 is 0 Å². The molecule has 1 nitrogen and oxygen atoms in total. The van der Waals surface area contributed by atoms with Crippen LogP contribution in [0.25, 0.3) is 0 Å². The van der Waals surface area contributed by atoms with Crippen molar-refractivity contribution >= 4 is 11.8 Å². The van der Waals surface area contributed by atoms with Crippen molar-refractivity contribution in [1.82, 2.24) is 5.32 Å². The summed E-state index contributed by atoms with van der Waals surface area (Å²) in [6, 6.07) is 7.95. The van der Waals surface area contributed by atoms with E-state index in [1.807, 2.05) is 0 Å². The molecule has 1 aromatic carbocycles. The first kappa shape index (κ1) is 12.0. The number of benzene rings is 1. The fourth-order valence-electron chi connectivity index (χ4n) is 2.25. The van der Waals surface area contributed by atoms with Gasteiger partial charge in [-0.1, -0.05) is 23.8 Å². The minimum Gasteiger partial charge on any atom is -0.307 e. The Morgan fingerprint density at radius 2 is 2.12 bits per heavy atom. The van der Waals surface area contributed by atoms with E-state index >= 15 is 0 Å². The number of thioether (sulfide) groups is 1. The highest BCUT2D eigenvalue weighted by Gasteiger charge is 2.19. The zero-order valence-electron chi connectivity index (χ0n) is 10.4. The van der Waals surface area contributed by atoms with Crippen LogP contribution < -0.4 is 5.32 Å². The third-order valence-electron chi connectivity index (χ3n) is 3.28. The van der Waals surface area contributed by atoms with Crippen LogP contribution in [-0.4, -0.2) is 17.5 Å². The second-order valence-corrected chi connectivity index (χ2v) is 5.99. The summed E-state index contributed by atoms with van der Waals surface area (Å²) in [6.45, 7) is 6.69. The topological polar surface area (TPSA) is 12.0 Å². The monoisotopic (exact) mass is 235 g/mol. The average Bonchev–Trinajstić information content (AvgIpc) is 2.46. The van der Waals surface area contributed by atoms with Gasteiger partial charge in [-0.05, 0) is 44.1 Å². The van der Waals surface area contributed by atoms with Crippen molar-refractivity contribution in [2.24, 2.45) is 0 Å². The van der Waals surface area contributed by atoms with Gasteiger partial charge in [0.25, 0.3) is 0 Å². The van der Waals surface area contributed by atoms with E-state index in [-0.39, 0.29) is 0 Å². The Morgan fingerprint density at radius 3 is 2.94 bits per heavy atom. The molecule has 1 aliphatic rings. The average molecular weight is 235 g/mol. The molecule has 2 atom stereocenters. The molecule has 1 saturated heterocycles. The van der Waals surface area contributed by atoms with Gasteiger partial charge in [-0.25, -0.2) is 0 Å². The summed E-state index contributed by atoms with van der Waals surface area (Å²) in [5.74, 6) is 2.49.